The number of rotatable bonds is 10. The maximum absolute atomic E-state index is 13.4. The number of anilines is 1. The van der Waals surface area contributed by atoms with Crippen molar-refractivity contribution >= 4 is 23.2 Å². The summed E-state index contributed by atoms with van der Waals surface area (Å²) in [4.78, 5) is 31.0. The molecule has 240 valence electrons. The topological polar surface area (TPSA) is 123 Å². The number of nitrogens with one attached hydrogen (secondary N) is 3. The van der Waals surface area contributed by atoms with Gasteiger partial charge in [0.2, 0.25) is 5.91 Å². The van der Waals surface area contributed by atoms with Crippen LogP contribution in [0.5, 0.6) is 0 Å². The Kier molecular flexibility index (Phi) is 10.1. The highest BCUT2D eigenvalue weighted by Crippen LogP contribution is 2.37. The molecule has 0 aliphatic heterocycles. The molecule has 2 aliphatic carbocycles. The number of fused-ring (bicyclic) bond motifs is 1. The SMILES string of the molecule is CC1CC(C)C(OC(=O)[C@@H]2CCC(C)CC2OCNC(C)C(=O)Nc2cccc(-c3nc4cc(C(C)C)[nH]n4n3)c2)C(C)C1. The Bertz CT molecular complexity index is 1390. The zero-order valence-electron chi connectivity index (χ0n) is 27.3. The lowest BCUT2D eigenvalue weighted by Crippen LogP contribution is -2.45. The molecule has 3 N–H and O–H groups in total. The molecule has 0 saturated heterocycles. The number of aromatic nitrogens is 4. The first-order valence-corrected chi connectivity index (χ1v) is 16.4. The minimum Gasteiger partial charge on any atom is -0.462 e. The molecule has 44 heavy (non-hydrogen) atoms. The molecule has 0 spiro atoms. The van der Waals surface area contributed by atoms with E-state index in [9.17, 15) is 9.59 Å². The van der Waals surface area contributed by atoms with Crippen molar-refractivity contribution in [2.45, 2.75) is 105 Å². The third kappa shape index (κ3) is 7.51. The van der Waals surface area contributed by atoms with Crippen LogP contribution in [0.2, 0.25) is 0 Å². The number of hydrogen-bond acceptors (Lipinski definition) is 7. The predicted octanol–water partition coefficient (Wildman–Crippen LogP) is 6.16. The van der Waals surface area contributed by atoms with Gasteiger partial charge in [0.25, 0.3) is 0 Å². The van der Waals surface area contributed by atoms with Gasteiger partial charge in [-0.1, -0.05) is 53.7 Å². The van der Waals surface area contributed by atoms with E-state index in [2.05, 4.69) is 67.4 Å². The van der Waals surface area contributed by atoms with Crippen LogP contribution in [0.25, 0.3) is 17.0 Å². The lowest BCUT2D eigenvalue weighted by atomic mass is 9.75. The summed E-state index contributed by atoms with van der Waals surface area (Å²) in [7, 11) is 0. The number of ether oxygens (including phenoxy) is 2. The lowest BCUT2D eigenvalue weighted by Gasteiger charge is -2.39. The van der Waals surface area contributed by atoms with Crippen LogP contribution in [-0.2, 0) is 19.1 Å². The Balaban J connectivity index is 1.13. The number of carbonyl (C=O) groups is 2. The van der Waals surface area contributed by atoms with E-state index in [1.54, 1.807) is 11.6 Å². The molecular weight excluding hydrogens is 556 g/mol. The standard InChI is InChI=1S/C34H50N6O4/c1-19(2)28-17-30-37-32(39-40(30)38-28)25-9-8-10-26(16-25)36-33(41)24(7)35-18-43-29-15-20(3)11-12-27(29)34(42)44-31-22(5)13-21(4)14-23(31)6/h8-10,16-17,19-24,27,29,31,35,38H,11-15,18H2,1-7H3,(H,36,41)/t20?,21?,22?,23?,24?,27-,29?,31?/m1/s1. The second-order valence-electron chi connectivity index (χ2n) is 13.9. The molecule has 10 heteroatoms. The molecule has 0 radical (unpaired) electrons. The van der Waals surface area contributed by atoms with Crippen molar-refractivity contribution in [1.82, 2.24) is 25.1 Å². The summed E-state index contributed by atoms with van der Waals surface area (Å²) in [6.45, 7) is 15.1. The highest BCUT2D eigenvalue weighted by atomic mass is 16.6. The van der Waals surface area contributed by atoms with Crippen molar-refractivity contribution in [3.8, 4) is 11.4 Å². The van der Waals surface area contributed by atoms with E-state index in [4.69, 9.17) is 9.47 Å². The minimum absolute atomic E-state index is 0.0319. The maximum atomic E-state index is 13.4. The zero-order valence-corrected chi connectivity index (χ0v) is 27.3. The molecule has 10 nitrogen and oxygen atoms in total. The molecule has 5 unspecified atom stereocenters. The first-order chi connectivity index (χ1) is 21.0. The summed E-state index contributed by atoms with van der Waals surface area (Å²) < 4.78 is 14.1. The predicted molar refractivity (Wildman–Crippen MR) is 171 cm³/mol. The molecule has 2 fully saturated rings. The molecule has 2 heterocycles. The van der Waals surface area contributed by atoms with Gasteiger partial charge in [-0.05, 0) is 80.8 Å². The highest BCUT2D eigenvalue weighted by Gasteiger charge is 2.40. The smallest absolute Gasteiger partial charge is 0.311 e. The van der Waals surface area contributed by atoms with Crippen molar-refractivity contribution in [3.63, 3.8) is 0 Å². The summed E-state index contributed by atoms with van der Waals surface area (Å²) in [6, 6.07) is 9.01. The second kappa shape index (κ2) is 13.8. The van der Waals surface area contributed by atoms with Crippen LogP contribution < -0.4 is 10.6 Å². The van der Waals surface area contributed by atoms with Gasteiger partial charge >= 0.3 is 5.97 Å². The summed E-state index contributed by atoms with van der Waals surface area (Å²) in [5.41, 5.74) is 3.30. The zero-order chi connectivity index (χ0) is 31.5. The van der Waals surface area contributed by atoms with Crippen LogP contribution >= 0.6 is 0 Å². The van der Waals surface area contributed by atoms with Crippen molar-refractivity contribution < 1.29 is 19.1 Å². The highest BCUT2D eigenvalue weighted by molar-refractivity contribution is 5.95. The van der Waals surface area contributed by atoms with Gasteiger partial charge in [-0.2, -0.15) is 4.63 Å². The van der Waals surface area contributed by atoms with Crippen molar-refractivity contribution in [3.05, 3.63) is 36.0 Å². The molecule has 0 bridgehead atoms. The van der Waals surface area contributed by atoms with E-state index >= 15 is 0 Å². The van der Waals surface area contributed by atoms with E-state index < -0.39 is 6.04 Å². The number of nitrogens with zero attached hydrogens (tertiary/aromatic N) is 3. The minimum atomic E-state index is -0.505. The Morgan fingerprint density at radius 3 is 2.48 bits per heavy atom. The Hall–Kier alpha value is -3.24. The normalized spacial score (nSPS) is 28.2. The molecule has 1 amide bonds. The number of amides is 1. The average molecular weight is 607 g/mol. The van der Waals surface area contributed by atoms with E-state index in [-0.39, 0.29) is 36.7 Å². The first kappa shape index (κ1) is 32.2. The second-order valence-corrected chi connectivity index (χ2v) is 13.9. The van der Waals surface area contributed by atoms with Gasteiger partial charge in [0.15, 0.2) is 11.5 Å². The van der Waals surface area contributed by atoms with E-state index in [0.717, 1.165) is 49.0 Å². The number of benzene rings is 1. The van der Waals surface area contributed by atoms with Gasteiger partial charge in [-0.3, -0.25) is 20.0 Å². The molecule has 5 rings (SSSR count). The third-order valence-electron chi connectivity index (χ3n) is 9.52. The molecule has 3 aromatic rings. The van der Waals surface area contributed by atoms with Crippen molar-refractivity contribution in [2.24, 2.45) is 29.6 Å². The maximum Gasteiger partial charge on any atom is 0.311 e. The van der Waals surface area contributed by atoms with Crippen molar-refractivity contribution in [1.29, 1.82) is 0 Å². The van der Waals surface area contributed by atoms with Gasteiger partial charge in [-0.25, -0.2) is 4.98 Å². The largest absolute Gasteiger partial charge is 0.462 e. The van der Waals surface area contributed by atoms with E-state index in [1.165, 1.54) is 0 Å². The number of carbonyl (C=O) groups excluding carboxylic acids is 2. The third-order valence-corrected chi connectivity index (χ3v) is 9.52. The van der Waals surface area contributed by atoms with E-state index in [0.29, 0.717) is 41.1 Å². The number of hydrogen-bond donors (Lipinski definition) is 3. The number of aromatic amines is 1. The molecule has 6 atom stereocenters. The molecule has 2 saturated carbocycles. The quantitative estimate of drug-likeness (QED) is 0.187. The van der Waals surface area contributed by atoms with Gasteiger partial charge in [0, 0.05) is 23.0 Å². The van der Waals surface area contributed by atoms with Crippen LogP contribution in [0.15, 0.2) is 30.3 Å². The molecule has 1 aromatic carbocycles. The van der Waals surface area contributed by atoms with Gasteiger partial charge in [-0.15, -0.1) is 5.10 Å². The fourth-order valence-corrected chi connectivity index (χ4v) is 7.00. The average Bonchev–Trinajstić information content (AvgIpc) is 3.55. The number of H-pyrrole nitrogens is 1. The van der Waals surface area contributed by atoms with Gasteiger partial charge < -0.3 is 14.8 Å². The van der Waals surface area contributed by atoms with Gasteiger partial charge in [0.1, 0.15) is 6.10 Å². The summed E-state index contributed by atoms with van der Waals surface area (Å²) >= 11 is 0. The summed E-state index contributed by atoms with van der Waals surface area (Å²) in [5, 5.41) is 14.0. The molecular formula is C34H50N6O4. The van der Waals surface area contributed by atoms with Crippen molar-refractivity contribution in [2.75, 3.05) is 12.0 Å². The monoisotopic (exact) mass is 606 g/mol. The summed E-state index contributed by atoms with van der Waals surface area (Å²) in [5.74, 6) is 2.22. The Labute approximate surface area is 261 Å². The Morgan fingerprint density at radius 1 is 1.02 bits per heavy atom. The molecule has 2 aromatic heterocycles. The first-order valence-electron chi connectivity index (χ1n) is 16.4. The Morgan fingerprint density at radius 2 is 1.77 bits per heavy atom. The fraction of sp³-hybridized carbons (Fsp3) is 0.647. The fourth-order valence-electron chi connectivity index (χ4n) is 7.00. The molecule has 2 aliphatic rings. The van der Waals surface area contributed by atoms with E-state index in [1.807, 2.05) is 30.3 Å². The van der Waals surface area contributed by atoms with Crippen LogP contribution in [0.1, 0.15) is 92.2 Å². The van der Waals surface area contributed by atoms with Crippen LogP contribution in [0.3, 0.4) is 0 Å². The number of esters is 1. The lowest BCUT2D eigenvalue weighted by molar-refractivity contribution is -0.171. The van der Waals surface area contributed by atoms with Crippen LogP contribution in [-0.4, -0.2) is 56.7 Å². The summed E-state index contributed by atoms with van der Waals surface area (Å²) in [6.07, 6.45) is 4.48. The van der Waals surface area contributed by atoms with Crippen LogP contribution in [0, 0.1) is 29.6 Å². The van der Waals surface area contributed by atoms with Gasteiger partial charge in [0.05, 0.1) is 24.8 Å². The van der Waals surface area contributed by atoms with Crippen LogP contribution in [0.4, 0.5) is 5.69 Å².